The number of amides is 1. The summed E-state index contributed by atoms with van der Waals surface area (Å²) in [7, 11) is 0. The van der Waals surface area contributed by atoms with Crippen LogP contribution in [0.5, 0.6) is 0 Å². The Kier molecular flexibility index (Phi) is 4.05. The normalized spacial score (nSPS) is 15.7. The van der Waals surface area contributed by atoms with Crippen LogP contribution in [-0.2, 0) is 0 Å². The summed E-state index contributed by atoms with van der Waals surface area (Å²) in [4.78, 5) is 20.9. The monoisotopic (exact) mass is 384 g/mol. The summed E-state index contributed by atoms with van der Waals surface area (Å²) < 4.78 is 1.84. The zero-order valence-corrected chi connectivity index (χ0v) is 15.3. The molecule has 0 fully saturated rings. The lowest BCUT2D eigenvalue weighted by atomic mass is 10.0. The van der Waals surface area contributed by atoms with Crippen LogP contribution < -0.4 is 5.73 Å². The maximum atomic E-state index is 11.8. The molecule has 0 spiro atoms. The number of aliphatic imine (C=N–C) groups is 1. The second kappa shape index (κ2) is 6.27. The van der Waals surface area contributed by atoms with Crippen LogP contribution in [0.25, 0.3) is 5.69 Å². The van der Waals surface area contributed by atoms with Crippen molar-refractivity contribution in [1.29, 1.82) is 0 Å². The van der Waals surface area contributed by atoms with Gasteiger partial charge in [0.15, 0.2) is 5.69 Å². The summed E-state index contributed by atoms with van der Waals surface area (Å²) in [5.41, 5.74) is 9.48. The minimum absolute atomic E-state index is 0.211. The Morgan fingerprint density at radius 3 is 2.65 bits per heavy atom. The minimum Gasteiger partial charge on any atom is -0.364 e. The van der Waals surface area contributed by atoms with Crippen molar-refractivity contribution in [3.8, 4) is 5.69 Å². The third-order valence-corrected chi connectivity index (χ3v) is 4.92. The molecule has 130 valence electrons. The number of hydrogen-bond acceptors (Lipinski definition) is 3. The van der Waals surface area contributed by atoms with Crippen molar-refractivity contribution in [2.75, 3.05) is 0 Å². The first-order valence-electron chi connectivity index (χ1n) is 7.97. The van der Waals surface area contributed by atoms with Gasteiger partial charge in [0.25, 0.3) is 5.91 Å². The number of imidazole rings is 1. The second-order valence-electron chi connectivity index (χ2n) is 6.01. The smallest absolute Gasteiger partial charge is 0.269 e. The predicted molar refractivity (Wildman–Crippen MR) is 103 cm³/mol. The molecule has 1 amide bonds. The van der Waals surface area contributed by atoms with E-state index in [1.54, 1.807) is 12.4 Å². The van der Waals surface area contributed by atoms with Crippen LogP contribution in [0.2, 0.25) is 10.0 Å². The average Bonchev–Trinajstić information content (AvgIpc) is 3.01. The van der Waals surface area contributed by atoms with E-state index < -0.39 is 5.91 Å². The number of primary amides is 1. The van der Waals surface area contributed by atoms with E-state index in [0.29, 0.717) is 21.5 Å². The topological polar surface area (TPSA) is 73.3 Å². The SMILES string of the molecule is C[C@@H]1N=C(c2ccccc2Cl)c2cc(Cl)ccc2-n2cnc(C(N)=O)c21. The molecule has 2 N–H and O–H groups in total. The van der Waals surface area contributed by atoms with Gasteiger partial charge in [-0.3, -0.25) is 14.4 Å². The highest BCUT2D eigenvalue weighted by molar-refractivity contribution is 6.36. The Morgan fingerprint density at radius 1 is 1.15 bits per heavy atom. The summed E-state index contributed by atoms with van der Waals surface area (Å²) in [6.45, 7) is 1.89. The Bertz CT molecular complexity index is 1070. The molecule has 1 aliphatic rings. The first-order chi connectivity index (χ1) is 12.5. The number of nitrogens with two attached hydrogens (primary N) is 1. The fourth-order valence-electron chi connectivity index (χ4n) is 3.24. The Hall–Kier alpha value is -2.63. The Labute approximate surface area is 160 Å². The van der Waals surface area contributed by atoms with Gasteiger partial charge < -0.3 is 5.73 Å². The van der Waals surface area contributed by atoms with Crippen LogP contribution in [0.4, 0.5) is 0 Å². The largest absolute Gasteiger partial charge is 0.364 e. The van der Waals surface area contributed by atoms with Crippen LogP contribution in [0.3, 0.4) is 0 Å². The maximum Gasteiger partial charge on any atom is 0.269 e. The fourth-order valence-corrected chi connectivity index (χ4v) is 3.64. The molecule has 26 heavy (non-hydrogen) atoms. The molecule has 1 atom stereocenters. The van der Waals surface area contributed by atoms with Gasteiger partial charge in [-0.15, -0.1) is 0 Å². The van der Waals surface area contributed by atoms with E-state index in [4.69, 9.17) is 33.9 Å². The average molecular weight is 385 g/mol. The third kappa shape index (κ3) is 2.60. The molecular weight excluding hydrogens is 371 g/mol. The molecule has 0 unspecified atom stereocenters. The van der Waals surface area contributed by atoms with E-state index in [1.807, 2.05) is 47.9 Å². The molecular formula is C19H14Cl2N4O. The molecule has 1 aliphatic heterocycles. The number of benzene rings is 2. The summed E-state index contributed by atoms with van der Waals surface area (Å²) in [6.07, 6.45) is 1.59. The highest BCUT2D eigenvalue weighted by Gasteiger charge is 2.28. The Balaban J connectivity index is 2.07. The van der Waals surface area contributed by atoms with Gasteiger partial charge in [0.05, 0.1) is 23.1 Å². The number of fused-ring (bicyclic) bond motifs is 3. The zero-order chi connectivity index (χ0) is 18.4. The van der Waals surface area contributed by atoms with Crippen molar-refractivity contribution in [3.63, 3.8) is 0 Å². The van der Waals surface area contributed by atoms with Crippen LogP contribution in [0.1, 0.15) is 40.3 Å². The zero-order valence-electron chi connectivity index (χ0n) is 13.8. The van der Waals surface area contributed by atoms with Crippen molar-refractivity contribution >= 4 is 34.8 Å². The van der Waals surface area contributed by atoms with Gasteiger partial charge in [-0.25, -0.2) is 4.98 Å². The molecule has 7 heteroatoms. The standard InChI is InChI=1S/C19H14Cl2N4O/c1-10-18-17(19(22)26)23-9-25(18)15-7-6-11(20)8-13(15)16(24-10)12-4-2-3-5-14(12)21/h2-10H,1H3,(H2,22,26)/t10-/m0/s1. The molecule has 3 aromatic rings. The van der Waals surface area contributed by atoms with E-state index in [1.165, 1.54) is 0 Å². The summed E-state index contributed by atoms with van der Waals surface area (Å²) in [5, 5.41) is 1.17. The lowest BCUT2D eigenvalue weighted by molar-refractivity contribution is 0.0994. The van der Waals surface area contributed by atoms with Crippen LogP contribution in [0.15, 0.2) is 53.8 Å². The number of nitrogens with zero attached hydrogens (tertiary/aromatic N) is 3. The van der Waals surface area contributed by atoms with Gasteiger partial charge in [-0.1, -0.05) is 41.4 Å². The number of rotatable bonds is 2. The molecule has 0 radical (unpaired) electrons. The second-order valence-corrected chi connectivity index (χ2v) is 6.85. The van der Waals surface area contributed by atoms with Gasteiger partial charge >= 0.3 is 0 Å². The molecule has 0 saturated heterocycles. The number of aromatic nitrogens is 2. The van der Waals surface area contributed by atoms with Gasteiger partial charge in [0.1, 0.15) is 6.33 Å². The fraction of sp³-hybridized carbons (Fsp3) is 0.105. The molecule has 4 rings (SSSR count). The maximum absolute atomic E-state index is 11.8. The van der Waals surface area contributed by atoms with Crippen LogP contribution in [0, 0.1) is 0 Å². The Morgan fingerprint density at radius 2 is 1.92 bits per heavy atom. The lowest BCUT2D eigenvalue weighted by Crippen LogP contribution is -2.15. The molecule has 0 aliphatic carbocycles. The van der Waals surface area contributed by atoms with Crippen molar-refractivity contribution in [2.24, 2.45) is 10.7 Å². The predicted octanol–water partition coefficient (Wildman–Crippen LogP) is 4.19. The highest BCUT2D eigenvalue weighted by Crippen LogP contribution is 2.34. The van der Waals surface area contributed by atoms with E-state index in [-0.39, 0.29) is 11.7 Å². The number of hydrogen-bond donors (Lipinski definition) is 1. The van der Waals surface area contributed by atoms with Crippen molar-refractivity contribution in [1.82, 2.24) is 9.55 Å². The molecule has 5 nitrogen and oxygen atoms in total. The van der Waals surface area contributed by atoms with Crippen molar-refractivity contribution in [2.45, 2.75) is 13.0 Å². The van der Waals surface area contributed by atoms with Crippen molar-refractivity contribution < 1.29 is 4.79 Å². The summed E-state index contributed by atoms with van der Waals surface area (Å²) in [6, 6.07) is 12.6. The van der Waals surface area contributed by atoms with E-state index in [2.05, 4.69) is 4.98 Å². The first-order valence-corrected chi connectivity index (χ1v) is 8.73. The molecule has 0 bridgehead atoms. The molecule has 1 aromatic heterocycles. The quantitative estimate of drug-likeness (QED) is 0.719. The molecule has 0 saturated carbocycles. The van der Waals surface area contributed by atoms with Crippen LogP contribution >= 0.6 is 23.2 Å². The number of carbonyl (C=O) groups is 1. The number of halogens is 2. The van der Waals surface area contributed by atoms with Crippen molar-refractivity contribution in [3.05, 3.63) is 81.4 Å². The number of carbonyl (C=O) groups excluding carboxylic acids is 1. The van der Waals surface area contributed by atoms with Gasteiger partial charge in [-0.2, -0.15) is 0 Å². The lowest BCUT2D eigenvalue weighted by Gasteiger charge is -2.13. The summed E-state index contributed by atoms with van der Waals surface area (Å²) >= 11 is 12.7. The van der Waals surface area contributed by atoms with Gasteiger partial charge in [0.2, 0.25) is 0 Å². The van der Waals surface area contributed by atoms with Crippen LogP contribution in [-0.4, -0.2) is 21.2 Å². The summed E-state index contributed by atoms with van der Waals surface area (Å²) in [5.74, 6) is -0.586. The third-order valence-electron chi connectivity index (χ3n) is 4.36. The minimum atomic E-state index is -0.586. The van der Waals surface area contributed by atoms with E-state index in [0.717, 1.165) is 16.8 Å². The van der Waals surface area contributed by atoms with Gasteiger partial charge in [0, 0.05) is 21.2 Å². The first kappa shape index (κ1) is 16.8. The molecule has 2 heterocycles. The van der Waals surface area contributed by atoms with E-state index in [9.17, 15) is 4.79 Å². The van der Waals surface area contributed by atoms with E-state index >= 15 is 0 Å². The molecule has 2 aromatic carbocycles. The highest BCUT2D eigenvalue weighted by atomic mass is 35.5. The van der Waals surface area contributed by atoms with Gasteiger partial charge in [-0.05, 0) is 31.2 Å².